The lowest BCUT2D eigenvalue weighted by atomic mass is 9.93. The first-order valence-electron chi connectivity index (χ1n) is 8.09. The van der Waals surface area contributed by atoms with E-state index in [0.717, 1.165) is 24.8 Å². The molecule has 0 radical (unpaired) electrons. The summed E-state index contributed by atoms with van der Waals surface area (Å²) in [5, 5.41) is 4.44. The first-order chi connectivity index (χ1) is 10.1. The van der Waals surface area contributed by atoms with Crippen LogP contribution in [0.2, 0.25) is 0 Å². The Balaban J connectivity index is 1.25. The molecule has 4 rings (SSSR count). The molecule has 0 bridgehead atoms. The monoisotopic (exact) mass is 307 g/mol. The summed E-state index contributed by atoms with van der Waals surface area (Å²) in [5.74, 6) is 2.09. The third-order valence-corrected chi connectivity index (χ3v) is 6.52. The number of hydrogen-bond acceptors (Lipinski definition) is 4. The van der Waals surface area contributed by atoms with Crippen molar-refractivity contribution in [2.75, 3.05) is 25.4 Å². The summed E-state index contributed by atoms with van der Waals surface area (Å²) in [4.78, 5) is 2.55. The smallest absolute Gasteiger partial charge is 0.0680 e. The third-order valence-electron chi connectivity index (χ3n) is 4.95. The topological polar surface area (TPSA) is 30.3 Å². The Kier molecular flexibility index (Phi) is 3.55. The first kappa shape index (κ1) is 14.1. The third kappa shape index (κ3) is 3.01. The molecule has 4 nitrogen and oxygen atoms in total. The number of thioether (sulfide) groups is 1. The van der Waals surface area contributed by atoms with Gasteiger partial charge < -0.3 is 4.74 Å². The Morgan fingerprint density at radius 1 is 1.43 bits per heavy atom. The summed E-state index contributed by atoms with van der Waals surface area (Å²) in [5.41, 5.74) is 2.44. The maximum atomic E-state index is 6.08. The molecule has 1 spiro atoms. The van der Waals surface area contributed by atoms with Crippen LogP contribution < -0.4 is 0 Å². The highest BCUT2D eigenvalue weighted by Crippen LogP contribution is 2.46. The van der Waals surface area contributed by atoms with Gasteiger partial charge in [-0.3, -0.25) is 9.58 Å². The Bertz CT molecular complexity index is 520. The van der Waals surface area contributed by atoms with E-state index in [1.54, 1.807) is 0 Å². The van der Waals surface area contributed by atoms with Crippen LogP contribution in [0.25, 0.3) is 0 Å². The number of hydrogen-bond donors (Lipinski definition) is 0. The molecule has 1 saturated carbocycles. The van der Waals surface area contributed by atoms with Crippen molar-refractivity contribution in [1.29, 1.82) is 0 Å². The van der Waals surface area contributed by atoms with Crippen LogP contribution in [0.3, 0.4) is 0 Å². The largest absolute Gasteiger partial charge is 0.377 e. The average molecular weight is 307 g/mol. The Morgan fingerprint density at radius 2 is 2.24 bits per heavy atom. The van der Waals surface area contributed by atoms with Crippen LogP contribution in [0.5, 0.6) is 0 Å². The fourth-order valence-electron chi connectivity index (χ4n) is 3.61. The van der Waals surface area contributed by atoms with Crippen molar-refractivity contribution in [3.05, 3.63) is 17.5 Å². The SMILES string of the molecule is Cc1cc(CN2CC3(C[C@@H](OCC4CC4)CS3)C2)n(C)n1. The lowest BCUT2D eigenvalue weighted by Crippen LogP contribution is -2.58. The second-order valence-electron chi connectivity index (χ2n) is 7.14. The standard InChI is InChI=1S/C16H25N3OS/c1-12-5-14(18(2)17-12)7-19-10-16(11-19)6-15(9-21-16)20-8-13-3-4-13/h5,13,15H,3-4,6-11H2,1-2H3/t15-/m1/s1. The van der Waals surface area contributed by atoms with Crippen molar-refractivity contribution in [3.63, 3.8) is 0 Å². The molecule has 1 aliphatic carbocycles. The molecule has 1 aromatic rings. The average Bonchev–Trinajstić information content (AvgIpc) is 3.05. The van der Waals surface area contributed by atoms with Gasteiger partial charge in [-0.15, -0.1) is 11.8 Å². The number of rotatable bonds is 5. The van der Waals surface area contributed by atoms with Gasteiger partial charge in [0.1, 0.15) is 0 Å². The van der Waals surface area contributed by atoms with Gasteiger partial charge in [0.15, 0.2) is 0 Å². The van der Waals surface area contributed by atoms with Crippen LogP contribution in [0.1, 0.15) is 30.7 Å². The Labute approximate surface area is 131 Å². The zero-order chi connectivity index (χ0) is 14.4. The van der Waals surface area contributed by atoms with E-state index in [0.29, 0.717) is 10.9 Å². The lowest BCUT2D eigenvalue weighted by molar-refractivity contribution is 0.0300. The molecular weight excluding hydrogens is 282 g/mol. The number of aryl methyl sites for hydroxylation is 2. The van der Waals surface area contributed by atoms with Crippen LogP contribution in [0.4, 0.5) is 0 Å². The molecule has 2 saturated heterocycles. The van der Waals surface area contributed by atoms with E-state index in [-0.39, 0.29) is 0 Å². The highest BCUT2D eigenvalue weighted by Gasteiger charge is 2.49. The molecule has 116 valence electrons. The van der Waals surface area contributed by atoms with Gasteiger partial charge >= 0.3 is 0 Å². The molecule has 0 amide bonds. The van der Waals surface area contributed by atoms with Gasteiger partial charge in [-0.2, -0.15) is 5.10 Å². The fraction of sp³-hybridized carbons (Fsp3) is 0.812. The minimum absolute atomic E-state index is 0.488. The molecule has 3 aliphatic rings. The lowest BCUT2D eigenvalue weighted by Gasteiger charge is -2.47. The number of aromatic nitrogens is 2. The predicted molar refractivity (Wildman–Crippen MR) is 85.5 cm³/mol. The molecule has 0 unspecified atom stereocenters. The maximum Gasteiger partial charge on any atom is 0.0680 e. The minimum Gasteiger partial charge on any atom is -0.377 e. The van der Waals surface area contributed by atoms with Gasteiger partial charge in [-0.05, 0) is 38.2 Å². The quantitative estimate of drug-likeness (QED) is 0.834. The van der Waals surface area contributed by atoms with E-state index in [9.17, 15) is 0 Å². The molecule has 3 fully saturated rings. The Hall–Kier alpha value is -0.520. The zero-order valence-electron chi connectivity index (χ0n) is 13.0. The zero-order valence-corrected chi connectivity index (χ0v) is 13.9. The number of nitrogens with zero attached hydrogens (tertiary/aromatic N) is 3. The van der Waals surface area contributed by atoms with Crippen molar-refractivity contribution < 1.29 is 4.74 Å². The second kappa shape index (κ2) is 5.28. The molecule has 1 aromatic heterocycles. The number of ether oxygens (including phenoxy) is 1. The molecule has 0 aromatic carbocycles. The van der Waals surface area contributed by atoms with E-state index in [2.05, 4.69) is 34.8 Å². The van der Waals surface area contributed by atoms with E-state index in [4.69, 9.17) is 4.74 Å². The van der Waals surface area contributed by atoms with Crippen molar-refractivity contribution in [1.82, 2.24) is 14.7 Å². The van der Waals surface area contributed by atoms with Crippen LogP contribution in [0, 0.1) is 12.8 Å². The van der Waals surface area contributed by atoms with Crippen molar-refractivity contribution >= 4 is 11.8 Å². The molecule has 1 atom stereocenters. The first-order valence-corrected chi connectivity index (χ1v) is 9.08. The van der Waals surface area contributed by atoms with Gasteiger partial charge in [0.05, 0.1) is 17.5 Å². The summed E-state index contributed by atoms with van der Waals surface area (Å²) < 4.78 is 8.59. The summed E-state index contributed by atoms with van der Waals surface area (Å²) in [6.45, 7) is 6.54. The maximum absolute atomic E-state index is 6.08. The molecule has 2 aliphatic heterocycles. The summed E-state index contributed by atoms with van der Waals surface area (Å²) in [6, 6.07) is 2.20. The summed E-state index contributed by atoms with van der Waals surface area (Å²) in [7, 11) is 2.05. The van der Waals surface area contributed by atoms with Crippen LogP contribution in [-0.2, 0) is 18.3 Å². The van der Waals surface area contributed by atoms with Crippen molar-refractivity contribution in [2.45, 2.75) is 43.6 Å². The van der Waals surface area contributed by atoms with Crippen LogP contribution in [0.15, 0.2) is 6.07 Å². The summed E-state index contributed by atoms with van der Waals surface area (Å²) in [6.07, 6.45) is 4.55. The molecule has 3 heterocycles. The van der Waals surface area contributed by atoms with Crippen LogP contribution >= 0.6 is 11.8 Å². The highest BCUT2D eigenvalue weighted by molar-refractivity contribution is 8.01. The van der Waals surface area contributed by atoms with E-state index in [1.807, 2.05) is 11.7 Å². The predicted octanol–water partition coefficient (Wildman–Crippen LogP) is 2.22. The number of likely N-dealkylation sites (tertiary alicyclic amines) is 1. The van der Waals surface area contributed by atoms with Crippen molar-refractivity contribution in [2.24, 2.45) is 13.0 Å². The molecule has 5 heteroatoms. The van der Waals surface area contributed by atoms with E-state index in [1.165, 1.54) is 43.8 Å². The van der Waals surface area contributed by atoms with Gasteiger partial charge in [0.2, 0.25) is 0 Å². The molecular formula is C16H25N3OS. The fourth-order valence-corrected chi connectivity index (χ4v) is 5.21. The van der Waals surface area contributed by atoms with Gasteiger partial charge in [-0.25, -0.2) is 0 Å². The highest BCUT2D eigenvalue weighted by atomic mass is 32.2. The molecule has 0 N–H and O–H groups in total. The molecule has 21 heavy (non-hydrogen) atoms. The van der Waals surface area contributed by atoms with Gasteiger partial charge in [0, 0.05) is 43.8 Å². The van der Waals surface area contributed by atoms with Gasteiger partial charge in [0.25, 0.3) is 0 Å². The van der Waals surface area contributed by atoms with Crippen LogP contribution in [-0.4, -0.2) is 51.0 Å². The van der Waals surface area contributed by atoms with Crippen molar-refractivity contribution in [3.8, 4) is 0 Å². The Morgan fingerprint density at radius 3 is 2.90 bits per heavy atom. The van der Waals surface area contributed by atoms with E-state index < -0.39 is 0 Å². The minimum atomic E-state index is 0.488. The second-order valence-corrected chi connectivity index (χ2v) is 8.63. The van der Waals surface area contributed by atoms with Gasteiger partial charge in [-0.1, -0.05) is 0 Å². The summed E-state index contributed by atoms with van der Waals surface area (Å²) >= 11 is 2.15. The normalized spacial score (nSPS) is 28.2. The van der Waals surface area contributed by atoms with E-state index >= 15 is 0 Å².